The van der Waals surface area contributed by atoms with Gasteiger partial charge in [-0.25, -0.2) is 4.98 Å². The molecule has 1 aromatic carbocycles. The Balaban J connectivity index is 0.000000858. The molecular weight excluding hydrogens is 404 g/mol. The summed E-state index contributed by atoms with van der Waals surface area (Å²) in [6.45, 7) is 3.66. The van der Waals surface area contributed by atoms with Crippen molar-refractivity contribution in [3.05, 3.63) is 58.3 Å². The van der Waals surface area contributed by atoms with E-state index in [4.69, 9.17) is 14.6 Å². The van der Waals surface area contributed by atoms with Gasteiger partial charge in [0.2, 0.25) is 0 Å². The number of hydrogen-bond acceptors (Lipinski definition) is 7. The fourth-order valence-electron chi connectivity index (χ4n) is 4.02. The Labute approximate surface area is 179 Å². The van der Waals surface area contributed by atoms with E-state index in [1.165, 1.54) is 12.5 Å². The van der Waals surface area contributed by atoms with Gasteiger partial charge >= 0.3 is 0 Å². The summed E-state index contributed by atoms with van der Waals surface area (Å²) in [6.07, 6.45) is 4.24. The lowest BCUT2D eigenvalue weighted by molar-refractivity contribution is -0.128. The number of carbonyl (C=O) groups is 2. The molecule has 3 N–H and O–H groups in total. The summed E-state index contributed by atoms with van der Waals surface area (Å²) >= 11 is 0. The van der Waals surface area contributed by atoms with Crippen molar-refractivity contribution in [1.82, 2.24) is 19.8 Å². The van der Waals surface area contributed by atoms with E-state index >= 15 is 0 Å². The molecule has 0 atom stereocenters. The highest BCUT2D eigenvalue weighted by Crippen LogP contribution is 2.31. The quantitative estimate of drug-likeness (QED) is 0.605. The van der Waals surface area contributed by atoms with E-state index < -0.39 is 5.56 Å². The molecule has 2 aliphatic rings. The highest BCUT2D eigenvalue weighted by atomic mass is 16.5. The Morgan fingerprint density at radius 3 is 2.71 bits per heavy atom. The first-order valence-electron chi connectivity index (χ1n) is 10.0. The summed E-state index contributed by atoms with van der Waals surface area (Å²) in [5.74, 6) is -0.0136. The second-order valence-corrected chi connectivity index (χ2v) is 7.60. The third kappa shape index (κ3) is 5.68. The number of nitrogens with zero attached hydrogens (tertiary/aromatic N) is 3. The van der Waals surface area contributed by atoms with Gasteiger partial charge in [-0.2, -0.15) is 0 Å². The topological polar surface area (TPSA) is 136 Å². The number of piperidine rings is 1. The van der Waals surface area contributed by atoms with Crippen molar-refractivity contribution < 1.29 is 24.5 Å². The van der Waals surface area contributed by atoms with Gasteiger partial charge in [-0.3, -0.25) is 19.3 Å². The van der Waals surface area contributed by atoms with Gasteiger partial charge in [0.15, 0.2) is 0 Å². The molecule has 3 heterocycles. The maximum Gasteiger partial charge on any atom is 0.290 e. The first kappa shape index (κ1) is 22.4. The summed E-state index contributed by atoms with van der Waals surface area (Å²) in [6, 6.07) is 7.31. The Hall–Kier alpha value is -3.24. The number of benzene rings is 1. The lowest BCUT2D eigenvalue weighted by Crippen LogP contribution is -2.58. The molecule has 4 rings (SSSR count). The number of morpholine rings is 1. The number of amides is 1. The third-order valence-corrected chi connectivity index (χ3v) is 5.57. The summed E-state index contributed by atoms with van der Waals surface area (Å²) in [4.78, 5) is 43.4. The van der Waals surface area contributed by atoms with Gasteiger partial charge in [0.25, 0.3) is 17.9 Å². The summed E-state index contributed by atoms with van der Waals surface area (Å²) in [5.41, 5.74) is 0.369. The van der Waals surface area contributed by atoms with E-state index in [9.17, 15) is 14.7 Å². The molecule has 1 spiro atoms. The van der Waals surface area contributed by atoms with Crippen molar-refractivity contribution >= 4 is 12.4 Å². The van der Waals surface area contributed by atoms with Gasteiger partial charge in [-0.1, -0.05) is 12.1 Å². The number of aromatic hydroxyl groups is 1. The van der Waals surface area contributed by atoms with Crippen molar-refractivity contribution in [2.24, 2.45) is 0 Å². The molecule has 10 nitrogen and oxygen atoms in total. The largest absolute Gasteiger partial charge is 0.508 e. The van der Waals surface area contributed by atoms with Crippen LogP contribution in [0.2, 0.25) is 0 Å². The van der Waals surface area contributed by atoms with Crippen LogP contribution in [0.4, 0.5) is 0 Å². The van der Waals surface area contributed by atoms with Crippen molar-refractivity contribution in [1.29, 1.82) is 0 Å². The monoisotopic (exact) mass is 430 g/mol. The smallest absolute Gasteiger partial charge is 0.290 e. The highest BCUT2D eigenvalue weighted by molar-refractivity contribution is 5.93. The third-order valence-electron chi connectivity index (χ3n) is 5.57. The second kappa shape index (κ2) is 10.2. The SMILES string of the molecule is O=C(c1cnc[nH]c1=O)N1CCOC2(CCN(Cc3cccc(O)c3)CC2)C1.O=CO. The summed E-state index contributed by atoms with van der Waals surface area (Å²) < 4.78 is 6.11. The molecule has 0 unspecified atom stereocenters. The number of rotatable bonds is 3. The standard InChI is InChI=1S/C20H24N4O4.CH2O2/c25-16-3-1-2-15(10-16)12-23-6-4-20(5-7-23)13-24(8-9-28-20)19(27)17-11-21-14-22-18(17)26;2-1-3/h1-3,10-11,14,25H,4-9,12-13H2,(H,21,22,26);1H,(H,2,3). The number of carbonyl (C=O) groups excluding carboxylic acids is 1. The zero-order valence-corrected chi connectivity index (χ0v) is 17.1. The van der Waals surface area contributed by atoms with Crippen LogP contribution in [0.25, 0.3) is 0 Å². The van der Waals surface area contributed by atoms with Crippen molar-refractivity contribution in [3.8, 4) is 5.75 Å². The maximum atomic E-state index is 12.8. The molecule has 2 saturated heterocycles. The molecule has 2 fully saturated rings. The van der Waals surface area contributed by atoms with E-state index in [0.29, 0.717) is 19.7 Å². The fourth-order valence-corrected chi connectivity index (χ4v) is 4.02. The average molecular weight is 430 g/mol. The van der Waals surface area contributed by atoms with Crippen molar-refractivity contribution in [3.63, 3.8) is 0 Å². The van der Waals surface area contributed by atoms with E-state index in [-0.39, 0.29) is 29.3 Å². The minimum Gasteiger partial charge on any atom is -0.508 e. The predicted molar refractivity (Wildman–Crippen MR) is 111 cm³/mol. The molecule has 0 saturated carbocycles. The molecular formula is C21H26N4O6. The molecule has 31 heavy (non-hydrogen) atoms. The van der Waals surface area contributed by atoms with Crippen LogP contribution < -0.4 is 5.56 Å². The number of phenols is 1. The normalized spacial score (nSPS) is 18.1. The van der Waals surface area contributed by atoms with Gasteiger partial charge in [0, 0.05) is 32.4 Å². The summed E-state index contributed by atoms with van der Waals surface area (Å²) in [5, 5.41) is 16.5. The summed E-state index contributed by atoms with van der Waals surface area (Å²) in [7, 11) is 0. The minimum atomic E-state index is -0.415. The maximum absolute atomic E-state index is 12.8. The van der Waals surface area contributed by atoms with Crippen molar-refractivity contribution in [2.75, 3.05) is 32.8 Å². The molecule has 0 radical (unpaired) electrons. The first-order valence-corrected chi connectivity index (χ1v) is 10.0. The van der Waals surface area contributed by atoms with Crippen LogP contribution in [-0.4, -0.2) is 80.7 Å². The second-order valence-electron chi connectivity index (χ2n) is 7.60. The predicted octanol–water partition coefficient (Wildman–Crippen LogP) is 0.684. The van der Waals surface area contributed by atoms with E-state index in [1.807, 2.05) is 12.1 Å². The molecule has 2 aromatic rings. The Bertz CT molecular complexity index is 955. The van der Waals surface area contributed by atoms with Crippen LogP contribution in [0.5, 0.6) is 5.75 Å². The van der Waals surface area contributed by atoms with Gasteiger partial charge in [-0.05, 0) is 30.5 Å². The van der Waals surface area contributed by atoms with E-state index in [1.54, 1.807) is 17.0 Å². The molecule has 2 aliphatic heterocycles. The Morgan fingerprint density at radius 2 is 2.03 bits per heavy atom. The lowest BCUT2D eigenvalue weighted by Gasteiger charge is -2.47. The van der Waals surface area contributed by atoms with E-state index in [0.717, 1.165) is 38.0 Å². The zero-order valence-electron chi connectivity index (χ0n) is 17.1. The minimum absolute atomic E-state index is 0.0703. The number of aromatic amines is 1. The van der Waals surface area contributed by atoms with Crippen LogP contribution in [-0.2, 0) is 16.1 Å². The van der Waals surface area contributed by atoms with Crippen LogP contribution >= 0.6 is 0 Å². The van der Waals surface area contributed by atoms with E-state index in [2.05, 4.69) is 14.9 Å². The van der Waals surface area contributed by atoms with Crippen LogP contribution in [0.3, 0.4) is 0 Å². The first-order chi connectivity index (χ1) is 15.0. The number of likely N-dealkylation sites (tertiary alicyclic amines) is 1. The van der Waals surface area contributed by atoms with Crippen LogP contribution in [0, 0.1) is 0 Å². The number of H-pyrrole nitrogens is 1. The number of aromatic nitrogens is 2. The molecule has 1 amide bonds. The van der Waals surface area contributed by atoms with Gasteiger partial charge in [0.05, 0.1) is 25.1 Å². The highest BCUT2D eigenvalue weighted by Gasteiger charge is 2.41. The number of phenolic OH excluding ortho intramolecular Hbond substituents is 1. The van der Waals surface area contributed by atoms with Gasteiger partial charge in [0.1, 0.15) is 11.3 Å². The molecule has 166 valence electrons. The number of nitrogens with one attached hydrogen (secondary N) is 1. The molecule has 1 aromatic heterocycles. The molecule has 10 heteroatoms. The Kier molecular flexibility index (Phi) is 7.37. The molecule has 0 aliphatic carbocycles. The number of hydrogen-bond donors (Lipinski definition) is 3. The average Bonchev–Trinajstić information content (AvgIpc) is 2.76. The fraction of sp³-hybridized carbons (Fsp3) is 0.429. The Morgan fingerprint density at radius 1 is 1.29 bits per heavy atom. The van der Waals surface area contributed by atoms with Gasteiger partial charge < -0.3 is 24.8 Å². The zero-order chi connectivity index (χ0) is 22.3. The van der Waals surface area contributed by atoms with Gasteiger partial charge in [-0.15, -0.1) is 0 Å². The van der Waals surface area contributed by atoms with Crippen LogP contribution in [0.1, 0.15) is 28.8 Å². The van der Waals surface area contributed by atoms with Crippen LogP contribution in [0.15, 0.2) is 41.6 Å². The molecule has 0 bridgehead atoms. The van der Waals surface area contributed by atoms with Crippen molar-refractivity contribution in [2.45, 2.75) is 25.0 Å². The lowest BCUT2D eigenvalue weighted by atomic mass is 9.89. The number of ether oxygens (including phenoxy) is 1. The number of carboxylic acid groups (broad SMARTS) is 1.